The van der Waals surface area contributed by atoms with Crippen LogP contribution in [-0.4, -0.2) is 58.0 Å². The standard InChI is InChI=1S/C19H18ClF2NO6S/c20-16-11-15(30(25,26)23-7-9-27-10-8-23)5-6-18(16)28-12-17(24)13-1-3-14(4-2-13)29-19(21)22/h1-6,11,19H,7-10,12H2. The normalized spacial score (nSPS) is 15.2. The molecule has 2 aromatic carbocycles. The average molecular weight is 462 g/mol. The zero-order chi connectivity index (χ0) is 21.7. The van der Waals surface area contributed by atoms with E-state index in [2.05, 4.69) is 4.74 Å². The first-order chi connectivity index (χ1) is 14.3. The summed E-state index contributed by atoms with van der Waals surface area (Å²) in [5, 5.41) is 0.0396. The molecule has 0 unspecified atom stereocenters. The van der Waals surface area contributed by atoms with Gasteiger partial charge in [-0.2, -0.15) is 13.1 Å². The molecule has 0 radical (unpaired) electrons. The molecule has 11 heteroatoms. The predicted octanol–water partition coefficient (Wildman–Crippen LogP) is 3.22. The van der Waals surface area contributed by atoms with Crippen LogP contribution in [0.2, 0.25) is 5.02 Å². The van der Waals surface area contributed by atoms with Crippen LogP contribution in [0.1, 0.15) is 10.4 Å². The van der Waals surface area contributed by atoms with Gasteiger partial charge >= 0.3 is 6.61 Å². The van der Waals surface area contributed by atoms with Crippen LogP contribution < -0.4 is 9.47 Å². The van der Waals surface area contributed by atoms with E-state index < -0.39 is 22.4 Å². The van der Waals surface area contributed by atoms with Crippen LogP contribution in [0.3, 0.4) is 0 Å². The van der Waals surface area contributed by atoms with Crippen LogP contribution in [0, 0.1) is 0 Å². The molecule has 0 aromatic heterocycles. The predicted molar refractivity (Wildman–Crippen MR) is 104 cm³/mol. The van der Waals surface area contributed by atoms with Crippen molar-refractivity contribution in [3.05, 3.63) is 53.1 Å². The second-order valence-electron chi connectivity index (χ2n) is 6.22. The third-order valence-electron chi connectivity index (χ3n) is 4.27. The zero-order valence-corrected chi connectivity index (χ0v) is 17.2. The van der Waals surface area contributed by atoms with Crippen molar-refractivity contribution in [2.75, 3.05) is 32.9 Å². The molecule has 0 amide bonds. The van der Waals surface area contributed by atoms with E-state index in [1.54, 1.807) is 0 Å². The molecule has 0 aliphatic carbocycles. The summed E-state index contributed by atoms with van der Waals surface area (Å²) in [5.41, 5.74) is 0.235. The number of carbonyl (C=O) groups is 1. The summed E-state index contributed by atoms with van der Waals surface area (Å²) < 4.78 is 65.7. The van der Waals surface area contributed by atoms with Crippen LogP contribution in [-0.2, 0) is 14.8 Å². The van der Waals surface area contributed by atoms with Crippen molar-refractivity contribution in [3.8, 4) is 11.5 Å². The minimum absolute atomic E-state index is 0.0164. The number of ketones is 1. The number of ether oxygens (including phenoxy) is 3. The number of carbonyl (C=O) groups excluding carboxylic acids is 1. The van der Waals surface area contributed by atoms with Crippen LogP contribution in [0.4, 0.5) is 8.78 Å². The van der Waals surface area contributed by atoms with Gasteiger partial charge in [0.2, 0.25) is 10.0 Å². The number of benzene rings is 2. The van der Waals surface area contributed by atoms with E-state index in [9.17, 15) is 22.0 Å². The van der Waals surface area contributed by atoms with Gasteiger partial charge in [-0.1, -0.05) is 11.6 Å². The Morgan fingerprint density at radius 2 is 1.80 bits per heavy atom. The lowest BCUT2D eigenvalue weighted by Gasteiger charge is -2.26. The summed E-state index contributed by atoms with van der Waals surface area (Å²) in [6.07, 6.45) is 0. The van der Waals surface area contributed by atoms with Crippen LogP contribution >= 0.6 is 11.6 Å². The van der Waals surface area contributed by atoms with Crippen molar-refractivity contribution in [1.29, 1.82) is 0 Å². The van der Waals surface area contributed by atoms with Gasteiger partial charge in [0.05, 0.1) is 23.1 Å². The molecule has 162 valence electrons. The second kappa shape index (κ2) is 9.69. The van der Waals surface area contributed by atoms with Gasteiger partial charge in [-0.25, -0.2) is 8.42 Å². The maximum absolute atomic E-state index is 12.7. The lowest BCUT2D eigenvalue weighted by molar-refractivity contribution is -0.0498. The molecule has 30 heavy (non-hydrogen) atoms. The minimum atomic E-state index is -3.71. The van der Waals surface area contributed by atoms with Crippen LogP contribution in [0.15, 0.2) is 47.4 Å². The van der Waals surface area contributed by atoms with E-state index in [1.165, 1.54) is 46.8 Å². The summed E-state index contributed by atoms with van der Waals surface area (Å²) in [7, 11) is -3.71. The van der Waals surface area contributed by atoms with Gasteiger partial charge < -0.3 is 14.2 Å². The molecule has 0 spiro atoms. The van der Waals surface area contributed by atoms with Crippen molar-refractivity contribution < 1.29 is 36.2 Å². The topological polar surface area (TPSA) is 82.1 Å². The molecule has 2 aromatic rings. The highest BCUT2D eigenvalue weighted by Crippen LogP contribution is 2.29. The Bertz CT molecular complexity index is 995. The SMILES string of the molecule is O=C(COc1ccc(S(=O)(=O)N2CCOCC2)cc1Cl)c1ccc(OC(F)F)cc1. The highest BCUT2D eigenvalue weighted by atomic mass is 35.5. The number of alkyl halides is 2. The Morgan fingerprint density at radius 1 is 1.13 bits per heavy atom. The molecule has 1 heterocycles. The summed E-state index contributed by atoms with van der Waals surface area (Å²) >= 11 is 6.14. The molecule has 1 aliphatic rings. The molecule has 0 saturated carbocycles. The lowest BCUT2D eigenvalue weighted by atomic mass is 10.1. The number of hydrogen-bond acceptors (Lipinski definition) is 6. The van der Waals surface area contributed by atoms with Gasteiger partial charge in [-0.3, -0.25) is 4.79 Å². The number of halogens is 3. The molecule has 3 rings (SSSR count). The number of nitrogens with zero attached hydrogens (tertiary/aromatic N) is 1. The molecular formula is C19H18ClF2NO6S. The van der Waals surface area contributed by atoms with Gasteiger partial charge in [-0.05, 0) is 42.5 Å². The number of rotatable bonds is 8. The maximum Gasteiger partial charge on any atom is 0.387 e. The molecule has 0 N–H and O–H groups in total. The van der Waals surface area contributed by atoms with Crippen LogP contribution in [0.25, 0.3) is 0 Å². The van der Waals surface area contributed by atoms with Crippen molar-refractivity contribution >= 4 is 27.4 Å². The van der Waals surface area contributed by atoms with E-state index >= 15 is 0 Å². The average Bonchev–Trinajstić information content (AvgIpc) is 2.73. The molecule has 1 fully saturated rings. The first-order valence-corrected chi connectivity index (χ1v) is 10.7. The number of morpholine rings is 1. The number of hydrogen-bond donors (Lipinski definition) is 0. The number of sulfonamides is 1. The van der Waals surface area contributed by atoms with E-state index in [0.717, 1.165) is 0 Å². The molecule has 7 nitrogen and oxygen atoms in total. The first-order valence-electron chi connectivity index (χ1n) is 8.85. The molecule has 1 aliphatic heterocycles. The lowest BCUT2D eigenvalue weighted by Crippen LogP contribution is -2.40. The van der Waals surface area contributed by atoms with Crippen molar-refractivity contribution in [3.63, 3.8) is 0 Å². The van der Waals surface area contributed by atoms with E-state index in [4.69, 9.17) is 21.1 Å². The summed E-state index contributed by atoms with van der Waals surface area (Å²) in [6, 6.07) is 9.17. The summed E-state index contributed by atoms with van der Waals surface area (Å²) in [5.74, 6) is -0.342. The Balaban J connectivity index is 1.64. The Labute approximate surface area is 177 Å². The third-order valence-corrected chi connectivity index (χ3v) is 6.46. The van der Waals surface area contributed by atoms with Gasteiger partial charge in [-0.15, -0.1) is 0 Å². The van der Waals surface area contributed by atoms with Crippen molar-refractivity contribution in [1.82, 2.24) is 4.31 Å². The van der Waals surface area contributed by atoms with Crippen molar-refractivity contribution in [2.45, 2.75) is 11.5 Å². The Morgan fingerprint density at radius 3 is 2.40 bits per heavy atom. The van der Waals surface area contributed by atoms with Gasteiger partial charge in [0.15, 0.2) is 12.4 Å². The largest absolute Gasteiger partial charge is 0.484 e. The Kier molecular flexibility index (Phi) is 7.24. The molecule has 1 saturated heterocycles. The second-order valence-corrected chi connectivity index (χ2v) is 8.57. The van der Waals surface area contributed by atoms with Gasteiger partial charge in [0.25, 0.3) is 0 Å². The summed E-state index contributed by atoms with van der Waals surface area (Å²) in [6.45, 7) is -2.16. The fourth-order valence-corrected chi connectivity index (χ4v) is 4.48. The van der Waals surface area contributed by atoms with E-state index in [0.29, 0.717) is 13.2 Å². The maximum atomic E-state index is 12.7. The van der Waals surface area contributed by atoms with Crippen molar-refractivity contribution in [2.24, 2.45) is 0 Å². The highest BCUT2D eigenvalue weighted by Gasteiger charge is 2.27. The number of Topliss-reactive ketones (excluding diaryl/α,β-unsaturated/α-hetero) is 1. The molecule has 0 bridgehead atoms. The molecule has 0 atom stereocenters. The fraction of sp³-hybridized carbons (Fsp3) is 0.316. The smallest absolute Gasteiger partial charge is 0.387 e. The van der Waals surface area contributed by atoms with Crippen LogP contribution in [0.5, 0.6) is 11.5 Å². The highest BCUT2D eigenvalue weighted by molar-refractivity contribution is 7.89. The Hall–Kier alpha value is -2.27. The molecular weight excluding hydrogens is 444 g/mol. The quantitative estimate of drug-likeness (QED) is 0.561. The third kappa shape index (κ3) is 5.45. The minimum Gasteiger partial charge on any atom is -0.484 e. The first kappa shape index (κ1) is 22.4. The fourth-order valence-electron chi connectivity index (χ4n) is 2.74. The van der Waals surface area contributed by atoms with E-state index in [1.807, 2.05) is 0 Å². The zero-order valence-electron chi connectivity index (χ0n) is 15.6. The van der Waals surface area contributed by atoms with E-state index in [-0.39, 0.29) is 46.7 Å². The van der Waals surface area contributed by atoms with Gasteiger partial charge in [0, 0.05) is 18.7 Å². The monoisotopic (exact) mass is 461 g/mol. The summed E-state index contributed by atoms with van der Waals surface area (Å²) in [4.78, 5) is 12.2. The van der Waals surface area contributed by atoms with Gasteiger partial charge in [0.1, 0.15) is 11.5 Å².